The zero-order valence-electron chi connectivity index (χ0n) is 18.1. The van der Waals surface area contributed by atoms with Gasteiger partial charge in [0.15, 0.2) is 5.78 Å². The molecule has 0 aromatic heterocycles. The number of rotatable bonds is 7. The fraction of sp³-hybridized carbons (Fsp3) is 0.500. The van der Waals surface area contributed by atoms with Crippen molar-refractivity contribution in [3.8, 4) is 5.75 Å². The summed E-state index contributed by atoms with van der Waals surface area (Å²) in [5.41, 5.74) is 2.21. The number of ether oxygens (including phenoxy) is 1. The van der Waals surface area contributed by atoms with Crippen LogP contribution in [0.25, 0.3) is 0 Å². The molecule has 160 valence electrons. The van der Waals surface area contributed by atoms with E-state index in [0.29, 0.717) is 6.04 Å². The molecule has 2 aliphatic heterocycles. The molecule has 0 unspecified atom stereocenters. The van der Waals surface area contributed by atoms with E-state index in [2.05, 4.69) is 40.1 Å². The van der Waals surface area contributed by atoms with Crippen LogP contribution in [0.3, 0.4) is 0 Å². The van der Waals surface area contributed by atoms with Gasteiger partial charge >= 0.3 is 0 Å². The maximum atomic E-state index is 13.1. The smallest absolute Gasteiger partial charge is 0.167 e. The van der Waals surface area contributed by atoms with E-state index in [1.165, 1.54) is 31.5 Å². The number of hydrogen-bond acceptors (Lipinski definition) is 4. The summed E-state index contributed by atoms with van der Waals surface area (Å²) in [6.45, 7) is 5.53. The third kappa shape index (κ3) is 5.30. The molecule has 2 fully saturated rings. The van der Waals surface area contributed by atoms with Crippen LogP contribution in [0, 0.1) is 5.92 Å². The van der Waals surface area contributed by atoms with Crippen LogP contribution in [0.1, 0.15) is 41.6 Å². The lowest BCUT2D eigenvalue weighted by Crippen LogP contribution is -2.49. The zero-order chi connectivity index (χ0) is 20.8. The summed E-state index contributed by atoms with van der Waals surface area (Å²) in [4.78, 5) is 18.3. The molecular formula is C26H34N2O2. The standard InChI is InChI=1S/C26H34N2O2/c1-30-25-11-5-9-22(19-25)26(29)23-10-6-15-28(20-23)24-13-17-27(18-14-24)16-12-21-7-3-2-4-8-21/h2-5,7-9,11,19,23-24H,6,10,12-18,20H2,1H3/t23-/m1/s1. The Balaban J connectivity index is 1.27. The lowest BCUT2D eigenvalue weighted by Gasteiger charge is -2.42. The van der Waals surface area contributed by atoms with Gasteiger partial charge in [0, 0.05) is 30.6 Å². The van der Waals surface area contributed by atoms with Crippen LogP contribution in [-0.2, 0) is 6.42 Å². The van der Waals surface area contributed by atoms with Gasteiger partial charge in [0.1, 0.15) is 5.75 Å². The molecule has 0 radical (unpaired) electrons. The average Bonchev–Trinajstić information content (AvgIpc) is 2.83. The van der Waals surface area contributed by atoms with Gasteiger partial charge in [0.05, 0.1) is 7.11 Å². The number of hydrogen-bond donors (Lipinski definition) is 0. The summed E-state index contributed by atoms with van der Waals surface area (Å²) < 4.78 is 5.30. The molecule has 2 aliphatic rings. The molecule has 0 saturated carbocycles. The van der Waals surface area contributed by atoms with Gasteiger partial charge < -0.3 is 9.64 Å². The molecule has 4 heteroatoms. The summed E-state index contributed by atoms with van der Waals surface area (Å²) >= 11 is 0. The van der Waals surface area contributed by atoms with E-state index in [9.17, 15) is 4.79 Å². The van der Waals surface area contributed by atoms with Crippen molar-refractivity contribution in [2.24, 2.45) is 5.92 Å². The maximum absolute atomic E-state index is 13.1. The van der Waals surface area contributed by atoms with Gasteiger partial charge in [0.25, 0.3) is 0 Å². The highest BCUT2D eigenvalue weighted by Gasteiger charge is 2.32. The Bertz CT molecular complexity index is 815. The van der Waals surface area contributed by atoms with Gasteiger partial charge in [-0.15, -0.1) is 0 Å². The molecular weight excluding hydrogens is 372 g/mol. The van der Waals surface area contributed by atoms with Crippen LogP contribution in [0.15, 0.2) is 54.6 Å². The molecule has 0 bridgehead atoms. The third-order valence-corrected chi connectivity index (χ3v) is 6.81. The minimum atomic E-state index is 0.113. The van der Waals surface area contributed by atoms with Crippen molar-refractivity contribution in [2.75, 3.05) is 39.8 Å². The van der Waals surface area contributed by atoms with Crippen molar-refractivity contribution in [1.29, 1.82) is 0 Å². The third-order valence-electron chi connectivity index (χ3n) is 6.81. The highest BCUT2D eigenvalue weighted by Crippen LogP contribution is 2.27. The maximum Gasteiger partial charge on any atom is 0.167 e. The predicted molar refractivity (Wildman–Crippen MR) is 121 cm³/mol. The summed E-state index contributed by atoms with van der Waals surface area (Å²) in [6, 6.07) is 19.0. The van der Waals surface area contributed by atoms with Crippen LogP contribution < -0.4 is 4.74 Å². The summed E-state index contributed by atoms with van der Waals surface area (Å²) in [5.74, 6) is 1.15. The van der Waals surface area contributed by atoms with Crippen molar-refractivity contribution >= 4 is 5.78 Å². The van der Waals surface area contributed by atoms with Crippen LogP contribution >= 0.6 is 0 Å². The van der Waals surface area contributed by atoms with E-state index in [1.807, 2.05) is 24.3 Å². The van der Waals surface area contributed by atoms with Gasteiger partial charge in [-0.2, -0.15) is 0 Å². The SMILES string of the molecule is COc1cccc(C(=O)[C@@H]2CCCN(C3CCN(CCc4ccccc4)CC3)C2)c1. The lowest BCUT2D eigenvalue weighted by atomic mass is 9.88. The Morgan fingerprint density at radius 1 is 1.00 bits per heavy atom. The highest BCUT2D eigenvalue weighted by atomic mass is 16.5. The van der Waals surface area contributed by atoms with Crippen molar-refractivity contribution < 1.29 is 9.53 Å². The number of benzene rings is 2. The minimum Gasteiger partial charge on any atom is -0.497 e. The molecule has 2 heterocycles. The molecule has 30 heavy (non-hydrogen) atoms. The van der Waals surface area contributed by atoms with Gasteiger partial charge in [0.2, 0.25) is 0 Å². The largest absolute Gasteiger partial charge is 0.497 e. The molecule has 1 atom stereocenters. The lowest BCUT2D eigenvalue weighted by molar-refractivity contribution is 0.0598. The van der Waals surface area contributed by atoms with E-state index >= 15 is 0 Å². The van der Waals surface area contributed by atoms with Gasteiger partial charge in [-0.25, -0.2) is 0 Å². The molecule has 4 nitrogen and oxygen atoms in total. The first-order valence-corrected chi connectivity index (χ1v) is 11.4. The Morgan fingerprint density at radius 2 is 1.80 bits per heavy atom. The van der Waals surface area contributed by atoms with E-state index in [4.69, 9.17) is 4.74 Å². The predicted octanol–water partition coefficient (Wildman–Crippen LogP) is 4.30. The monoisotopic (exact) mass is 406 g/mol. The quantitative estimate of drug-likeness (QED) is 0.642. The number of carbonyl (C=O) groups is 1. The Morgan fingerprint density at radius 3 is 2.57 bits per heavy atom. The van der Waals surface area contributed by atoms with Gasteiger partial charge in [-0.3, -0.25) is 9.69 Å². The Hall–Kier alpha value is -2.17. The summed E-state index contributed by atoms with van der Waals surface area (Å²) in [7, 11) is 1.65. The molecule has 0 spiro atoms. The molecule has 2 saturated heterocycles. The van der Waals surface area contributed by atoms with Crippen molar-refractivity contribution in [3.05, 3.63) is 65.7 Å². The highest BCUT2D eigenvalue weighted by molar-refractivity contribution is 5.98. The van der Waals surface area contributed by atoms with Crippen molar-refractivity contribution in [2.45, 2.75) is 38.1 Å². The van der Waals surface area contributed by atoms with Crippen LogP contribution in [0.2, 0.25) is 0 Å². The first-order valence-electron chi connectivity index (χ1n) is 11.4. The topological polar surface area (TPSA) is 32.8 Å². The molecule has 0 aliphatic carbocycles. The second-order valence-corrected chi connectivity index (χ2v) is 8.74. The number of ketones is 1. The Kier molecular flexibility index (Phi) is 7.19. The van der Waals surface area contributed by atoms with E-state index in [1.54, 1.807) is 7.11 Å². The van der Waals surface area contributed by atoms with Crippen LogP contribution in [-0.4, -0.2) is 61.5 Å². The first kappa shape index (κ1) is 21.1. The Labute approximate surface area is 180 Å². The first-order chi connectivity index (χ1) is 14.7. The molecule has 4 rings (SSSR count). The van der Waals surface area contributed by atoms with E-state index in [0.717, 1.165) is 50.2 Å². The average molecular weight is 407 g/mol. The molecule has 0 N–H and O–H groups in total. The molecule has 2 aromatic rings. The fourth-order valence-corrected chi connectivity index (χ4v) is 5.00. The van der Waals surface area contributed by atoms with Gasteiger partial charge in [-0.1, -0.05) is 42.5 Å². The molecule has 2 aromatic carbocycles. The fourth-order valence-electron chi connectivity index (χ4n) is 5.00. The van der Waals surface area contributed by atoms with E-state index in [-0.39, 0.29) is 11.7 Å². The van der Waals surface area contributed by atoms with Gasteiger partial charge in [-0.05, 0) is 69.4 Å². The van der Waals surface area contributed by atoms with Crippen LogP contribution in [0.4, 0.5) is 0 Å². The number of likely N-dealkylation sites (tertiary alicyclic amines) is 2. The summed E-state index contributed by atoms with van der Waals surface area (Å²) in [5, 5.41) is 0. The van der Waals surface area contributed by atoms with E-state index < -0.39 is 0 Å². The second-order valence-electron chi connectivity index (χ2n) is 8.74. The number of piperidine rings is 2. The zero-order valence-corrected chi connectivity index (χ0v) is 18.1. The number of methoxy groups -OCH3 is 1. The second kappa shape index (κ2) is 10.2. The van der Waals surface area contributed by atoms with Crippen molar-refractivity contribution in [3.63, 3.8) is 0 Å². The normalized spacial score (nSPS) is 21.4. The van der Waals surface area contributed by atoms with Crippen molar-refractivity contribution in [1.82, 2.24) is 9.80 Å². The number of nitrogens with zero attached hydrogens (tertiary/aromatic N) is 2. The number of Topliss-reactive ketones (excluding diaryl/α,β-unsaturated/α-hetero) is 1. The summed E-state index contributed by atoms with van der Waals surface area (Å²) in [6.07, 6.45) is 5.69. The molecule has 0 amide bonds. The minimum absolute atomic E-state index is 0.113. The number of carbonyl (C=O) groups excluding carboxylic acids is 1. The van der Waals surface area contributed by atoms with Crippen LogP contribution in [0.5, 0.6) is 5.75 Å².